The SMILES string of the molecule is CC(Oc1nc(N)nc(-n2cccn2)n1)c1ccccc1. The van der Waals surface area contributed by atoms with Crippen molar-refractivity contribution < 1.29 is 4.74 Å². The van der Waals surface area contributed by atoms with E-state index in [1.807, 2.05) is 37.3 Å². The van der Waals surface area contributed by atoms with Gasteiger partial charge in [0.15, 0.2) is 0 Å². The smallest absolute Gasteiger partial charge is 0.323 e. The Labute approximate surface area is 121 Å². The molecule has 21 heavy (non-hydrogen) atoms. The molecular weight excluding hydrogens is 268 g/mol. The topological polar surface area (TPSA) is 91.7 Å². The highest BCUT2D eigenvalue weighted by Crippen LogP contribution is 2.19. The van der Waals surface area contributed by atoms with Gasteiger partial charge in [-0.05, 0) is 18.6 Å². The summed E-state index contributed by atoms with van der Waals surface area (Å²) in [5, 5.41) is 4.06. The monoisotopic (exact) mass is 282 g/mol. The number of nitrogens with two attached hydrogens (primary N) is 1. The van der Waals surface area contributed by atoms with Crippen molar-refractivity contribution in [3.63, 3.8) is 0 Å². The van der Waals surface area contributed by atoms with E-state index < -0.39 is 0 Å². The standard InChI is InChI=1S/C14H14N6O/c1-10(11-6-3-2-4-7-11)21-14-18-12(15)17-13(19-14)20-9-5-8-16-20/h2-10H,1H3,(H2,15,17,18,19). The van der Waals surface area contributed by atoms with Gasteiger partial charge in [-0.3, -0.25) is 0 Å². The Morgan fingerprint density at radius 2 is 1.90 bits per heavy atom. The van der Waals surface area contributed by atoms with Crippen LogP contribution in [-0.4, -0.2) is 24.7 Å². The number of ether oxygens (including phenoxy) is 1. The second-order valence-electron chi connectivity index (χ2n) is 4.40. The molecule has 0 aliphatic heterocycles. The Kier molecular flexibility index (Phi) is 3.46. The molecule has 0 saturated carbocycles. The van der Waals surface area contributed by atoms with Gasteiger partial charge < -0.3 is 10.5 Å². The molecule has 1 unspecified atom stereocenters. The molecule has 0 radical (unpaired) electrons. The summed E-state index contributed by atoms with van der Waals surface area (Å²) in [5.74, 6) is 0.411. The molecule has 2 aromatic heterocycles. The summed E-state index contributed by atoms with van der Waals surface area (Å²) < 4.78 is 7.23. The molecule has 1 aromatic carbocycles. The van der Waals surface area contributed by atoms with Crippen molar-refractivity contribution in [3.05, 3.63) is 54.4 Å². The van der Waals surface area contributed by atoms with Crippen molar-refractivity contribution >= 4 is 5.95 Å². The van der Waals surface area contributed by atoms with Gasteiger partial charge in [0, 0.05) is 12.4 Å². The van der Waals surface area contributed by atoms with E-state index in [1.54, 1.807) is 18.5 Å². The minimum Gasteiger partial charge on any atom is -0.455 e. The van der Waals surface area contributed by atoms with Crippen LogP contribution in [0.4, 0.5) is 5.95 Å². The molecule has 0 saturated heterocycles. The molecule has 7 heteroatoms. The minimum absolute atomic E-state index is 0.0887. The lowest BCUT2D eigenvalue weighted by molar-refractivity contribution is 0.207. The highest BCUT2D eigenvalue weighted by Gasteiger charge is 2.12. The fourth-order valence-corrected chi connectivity index (χ4v) is 1.85. The Morgan fingerprint density at radius 3 is 2.62 bits per heavy atom. The zero-order chi connectivity index (χ0) is 14.7. The zero-order valence-corrected chi connectivity index (χ0v) is 11.4. The predicted molar refractivity (Wildman–Crippen MR) is 76.8 cm³/mol. The lowest BCUT2D eigenvalue weighted by Crippen LogP contribution is -2.11. The maximum Gasteiger partial charge on any atom is 0.323 e. The maximum absolute atomic E-state index is 5.74. The molecule has 0 amide bonds. The summed E-state index contributed by atoms with van der Waals surface area (Å²) in [4.78, 5) is 12.3. The number of nitrogens with zero attached hydrogens (tertiary/aromatic N) is 5. The normalized spacial score (nSPS) is 12.0. The summed E-state index contributed by atoms with van der Waals surface area (Å²) in [6.45, 7) is 1.92. The summed E-state index contributed by atoms with van der Waals surface area (Å²) in [5.41, 5.74) is 6.72. The molecule has 0 bridgehead atoms. The first-order valence-electron chi connectivity index (χ1n) is 6.45. The van der Waals surface area contributed by atoms with Crippen molar-refractivity contribution in [2.24, 2.45) is 0 Å². The number of hydrogen-bond acceptors (Lipinski definition) is 6. The molecule has 0 aliphatic rings. The molecule has 7 nitrogen and oxygen atoms in total. The third-order valence-corrected chi connectivity index (χ3v) is 2.88. The van der Waals surface area contributed by atoms with Crippen LogP contribution in [0.25, 0.3) is 5.95 Å². The van der Waals surface area contributed by atoms with E-state index in [-0.39, 0.29) is 18.1 Å². The van der Waals surface area contributed by atoms with Crippen molar-refractivity contribution in [3.8, 4) is 12.0 Å². The molecule has 0 aliphatic carbocycles. The average molecular weight is 282 g/mol. The van der Waals surface area contributed by atoms with Gasteiger partial charge in [-0.25, -0.2) is 4.68 Å². The molecule has 2 heterocycles. The highest BCUT2D eigenvalue weighted by atomic mass is 16.5. The van der Waals surface area contributed by atoms with Crippen molar-refractivity contribution in [2.75, 3.05) is 5.73 Å². The predicted octanol–water partition coefficient (Wildman–Crippen LogP) is 1.78. The Morgan fingerprint density at radius 1 is 1.10 bits per heavy atom. The third-order valence-electron chi connectivity index (χ3n) is 2.88. The van der Waals surface area contributed by atoms with Crippen molar-refractivity contribution in [1.82, 2.24) is 24.7 Å². The van der Waals surface area contributed by atoms with Gasteiger partial charge in [0.1, 0.15) is 6.10 Å². The van der Waals surface area contributed by atoms with E-state index >= 15 is 0 Å². The molecule has 3 rings (SSSR count). The first kappa shape index (κ1) is 13.0. The van der Waals surface area contributed by atoms with Gasteiger partial charge in [-0.2, -0.15) is 20.1 Å². The van der Waals surface area contributed by atoms with E-state index in [1.165, 1.54) is 4.68 Å². The van der Waals surface area contributed by atoms with Gasteiger partial charge >= 0.3 is 6.01 Å². The minimum atomic E-state index is -0.196. The highest BCUT2D eigenvalue weighted by molar-refractivity contribution is 5.25. The van der Waals surface area contributed by atoms with Crippen LogP contribution < -0.4 is 10.5 Å². The van der Waals surface area contributed by atoms with Crippen LogP contribution in [0.1, 0.15) is 18.6 Å². The summed E-state index contributed by atoms with van der Waals surface area (Å²) in [7, 11) is 0. The Bertz CT molecular complexity index is 714. The molecule has 0 spiro atoms. The zero-order valence-electron chi connectivity index (χ0n) is 11.4. The molecule has 2 N–H and O–H groups in total. The molecule has 0 fully saturated rings. The first-order chi connectivity index (χ1) is 10.2. The number of anilines is 1. The van der Waals surface area contributed by atoms with Crippen LogP contribution in [0.3, 0.4) is 0 Å². The van der Waals surface area contributed by atoms with Crippen LogP contribution in [0.15, 0.2) is 48.8 Å². The number of hydrogen-bond donors (Lipinski definition) is 1. The second kappa shape index (κ2) is 5.58. The van der Waals surface area contributed by atoms with Gasteiger partial charge in [-0.15, -0.1) is 0 Å². The molecular formula is C14H14N6O. The number of rotatable bonds is 4. The average Bonchev–Trinajstić information content (AvgIpc) is 3.02. The maximum atomic E-state index is 5.74. The van der Waals surface area contributed by atoms with Crippen LogP contribution >= 0.6 is 0 Å². The van der Waals surface area contributed by atoms with E-state index in [9.17, 15) is 0 Å². The van der Waals surface area contributed by atoms with Crippen molar-refractivity contribution in [1.29, 1.82) is 0 Å². The second-order valence-corrected chi connectivity index (χ2v) is 4.40. The molecule has 3 aromatic rings. The number of nitrogen functional groups attached to an aromatic ring is 1. The summed E-state index contributed by atoms with van der Waals surface area (Å²) >= 11 is 0. The van der Waals surface area contributed by atoms with Gasteiger partial charge in [0.25, 0.3) is 5.95 Å². The lowest BCUT2D eigenvalue weighted by atomic mass is 10.1. The van der Waals surface area contributed by atoms with Gasteiger partial charge in [0.05, 0.1) is 0 Å². The first-order valence-corrected chi connectivity index (χ1v) is 6.45. The van der Waals surface area contributed by atoms with E-state index in [0.29, 0.717) is 5.95 Å². The van der Waals surface area contributed by atoms with Gasteiger partial charge in [0.2, 0.25) is 5.95 Å². The van der Waals surface area contributed by atoms with Crippen LogP contribution in [0.5, 0.6) is 6.01 Å². The third kappa shape index (κ3) is 2.97. The van der Waals surface area contributed by atoms with E-state index in [0.717, 1.165) is 5.56 Å². The quantitative estimate of drug-likeness (QED) is 0.784. The van der Waals surface area contributed by atoms with Crippen LogP contribution in [-0.2, 0) is 0 Å². The fraction of sp³-hybridized carbons (Fsp3) is 0.143. The number of aromatic nitrogens is 5. The largest absolute Gasteiger partial charge is 0.455 e. The summed E-state index contributed by atoms with van der Waals surface area (Å²) in [6, 6.07) is 11.7. The van der Waals surface area contributed by atoms with E-state index in [4.69, 9.17) is 10.5 Å². The fourth-order valence-electron chi connectivity index (χ4n) is 1.85. The Hall–Kier alpha value is -2.96. The lowest BCUT2D eigenvalue weighted by Gasteiger charge is -2.13. The van der Waals surface area contributed by atoms with Gasteiger partial charge in [-0.1, -0.05) is 30.3 Å². The summed E-state index contributed by atoms with van der Waals surface area (Å²) in [6.07, 6.45) is 3.16. The van der Waals surface area contributed by atoms with E-state index in [2.05, 4.69) is 20.1 Å². The van der Waals surface area contributed by atoms with Crippen LogP contribution in [0.2, 0.25) is 0 Å². The number of benzene rings is 1. The van der Waals surface area contributed by atoms with Crippen molar-refractivity contribution in [2.45, 2.75) is 13.0 Å². The Balaban J connectivity index is 1.86. The van der Waals surface area contributed by atoms with Crippen LogP contribution in [0, 0.1) is 0 Å². The molecule has 1 atom stereocenters. The molecule has 106 valence electrons.